The number of carbonyl (C=O) groups is 1. The topological polar surface area (TPSA) is 70.2 Å². The maximum Gasteiger partial charge on any atom is 0.274 e. The molecule has 0 atom stereocenters. The number of carbonyl (C=O) groups excluding carboxylic acids is 1. The molecule has 0 aliphatic heterocycles. The first-order valence-electron chi connectivity index (χ1n) is 7.33. The van der Waals surface area contributed by atoms with Crippen LogP contribution in [0.15, 0.2) is 41.1 Å². The number of nitrogens with zero attached hydrogens (tertiary/aromatic N) is 3. The van der Waals surface area contributed by atoms with Crippen molar-refractivity contribution in [3.05, 3.63) is 46.8 Å². The van der Waals surface area contributed by atoms with Crippen molar-refractivity contribution in [1.82, 2.24) is 14.9 Å². The summed E-state index contributed by atoms with van der Waals surface area (Å²) >= 11 is 3.40. The number of rotatable bonds is 7. The second kappa shape index (κ2) is 8.59. The van der Waals surface area contributed by atoms with Gasteiger partial charge < -0.3 is 15.5 Å². The van der Waals surface area contributed by atoms with E-state index in [0.29, 0.717) is 17.2 Å². The standard InChI is InChI=1S/C16H20BrN5O/c1-22(2)9-5-8-18-15-10-14(19-11-20-15)16(23)21-13-7-4-3-6-12(13)17/h3-4,6-7,10-11H,5,8-9H2,1-2H3,(H,21,23)(H,18,19,20). The highest BCUT2D eigenvalue weighted by Gasteiger charge is 2.10. The molecule has 2 aromatic rings. The lowest BCUT2D eigenvalue weighted by Gasteiger charge is -2.11. The summed E-state index contributed by atoms with van der Waals surface area (Å²) in [6.45, 7) is 1.79. The first kappa shape index (κ1) is 17.4. The van der Waals surface area contributed by atoms with Crippen molar-refractivity contribution >= 4 is 33.3 Å². The first-order chi connectivity index (χ1) is 11.1. The van der Waals surface area contributed by atoms with Crippen LogP contribution in [0.4, 0.5) is 11.5 Å². The van der Waals surface area contributed by atoms with Gasteiger partial charge in [-0.2, -0.15) is 0 Å². The van der Waals surface area contributed by atoms with Crippen LogP contribution in [0.5, 0.6) is 0 Å². The molecule has 7 heteroatoms. The summed E-state index contributed by atoms with van der Waals surface area (Å²) in [4.78, 5) is 22.6. The van der Waals surface area contributed by atoms with Crippen LogP contribution >= 0.6 is 15.9 Å². The predicted molar refractivity (Wildman–Crippen MR) is 95.8 cm³/mol. The molecule has 2 rings (SSSR count). The molecule has 0 spiro atoms. The number of hydrogen-bond acceptors (Lipinski definition) is 5. The first-order valence-corrected chi connectivity index (χ1v) is 8.12. The Morgan fingerprint density at radius 2 is 2.04 bits per heavy atom. The Bertz CT molecular complexity index is 662. The molecule has 0 aliphatic carbocycles. The molecule has 1 amide bonds. The summed E-state index contributed by atoms with van der Waals surface area (Å²) in [5.74, 6) is 0.381. The molecule has 23 heavy (non-hydrogen) atoms. The predicted octanol–water partition coefficient (Wildman–Crippen LogP) is 2.86. The molecule has 122 valence electrons. The van der Waals surface area contributed by atoms with E-state index in [1.165, 1.54) is 6.33 Å². The van der Waals surface area contributed by atoms with Crippen LogP contribution in [0.25, 0.3) is 0 Å². The summed E-state index contributed by atoms with van der Waals surface area (Å²) in [6, 6.07) is 9.09. The maximum absolute atomic E-state index is 12.3. The zero-order chi connectivity index (χ0) is 16.7. The Hall–Kier alpha value is -1.99. The van der Waals surface area contributed by atoms with Crippen molar-refractivity contribution in [2.45, 2.75) is 6.42 Å². The lowest BCUT2D eigenvalue weighted by molar-refractivity contribution is 0.102. The number of amides is 1. The van der Waals surface area contributed by atoms with E-state index in [9.17, 15) is 4.79 Å². The fourth-order valence-electron chi connectivity index (χ4n) is 1.94. The van der Waals surface area contributed by atoms with Gasteiger partial charge in [-0.3, -0.25) is 4.79 Å². The van der Waals surface area contributed by atoms with Gasteiger partial charge in [0.2, 0.25) is 0 Å². The second-order valence-electron chi connectivity index (χ2n) is 5.31. The van der Waals surface area contributed by atoms with Crippen LogP contribution < -0.4 is 10.6 Å². The van der Waals surface area contributed by atoms with E-state index < -0.39 is 0 Å². The Labute approximate surface area is 144 Å². The molecule has 0 saturated carbocycles. The van der Waals surface area contributed by atoms with E-state index in [1.807, 2.05) is 38.4 Å². The third kappa shape index (κ3) is 5.61. The fourth-order valence-corrected chi connectivity index (χ4v) is 2.32. The number of nitrogens with one attached hydrogen (secondary N) is 2. The molecule has 0 aliphatic rings. The summed E-state index contributed by atoms with van der Waals surface area (Å²) in [5.41, 5.74) is 1.03. The van der Waals surface area contributed by atoms with E-state index in [0.717, 1.165) is 24.0 Å². The third-order valence-corrected chi connectivity index (χ3v) is 3.80. The van der Waals surface area contributed by atoms with Crippen LogP contribution in [0.1, 0.15) is 16.9 Å². The van der Waals surface area contributed by atoms with Gasteiger partial charge in [0.1, 0.15) is 17.8 Å². The lowest BCUT2D eigenvalue weighted by atomic mass is 10.3. The molecule has 0 unspecified atom stereocenters. The second-order valence-corrected chi connectivity index (χ2v) is 6.16. The summed E-state index contributed by atoms with van der Waals surface area (Å²) in [6.07, 6.45) is 2.39. The monoisotopic (exact) mass is 377 g/mol. The highest BCUT2D eigenvalue weighted by Crippen LogP contribution is 2.21. The SMILES string of the molecule is CN(C)CCCNc1cc(C(=O)Nc2ccccc2Br)ncn1. The number of hydrogen-bond donors (Lipinski definition) is 2. The highest BCUT2D eigenvalue weighted by molar-refractivity contribution is 9.10. The largest absolute Gasteiger partial charge is 0.370 e. The van der Waals surface area contributed by atoms with Gasteiger partial charge in [-0.05, 0) is 55.1 Å². The third-order valence-electron chi connectivity index (χ3n) is 3.11. The summed E-state index contributed by atoms with van der Waals surface area (Å²) < 4.78 is 0.824. The number of benzene rings is 1. The lowest BCUT2D eigenvalue weighted by Crippen LogP contribution is -2.17. The molecule has 2 N–H and O–H groups in total. The van der Waals surface area contributed by atoms with Gasteiger partial charge in [0, 0.05) is 17.1 Å². The van der Waals surface area contributed by atoms with Crippen LogP contribution in [-0.4, -0.2) is 48.0 Å². The number of halogens is 1. The number of aromatic nitrogens is 2. The molecular formula is C16H20BrN5O. The van der Waals surface area contributed by atoms with Crippen molar-refractivity contribution < 1.29 is 4.79 Å². The van der Waals surface area contributed by atoms with Crippen molar-refractivity contribution in [2.24, 2.45) is 0 Å². The van der Waals surface area contributed by atoms with Crippen molar-refractivity contribution in [1.29, 1.82) is 0 Å². The van der Waals surface area contributed by atoms with Gasteiger partial charge in [-0.1, -0.05) is 12.1 Å². The molecule has 0 bridgehead atoms. The molecule has 0 saturated heterocycles. The minimum absolute atomic E-state index is 0.268. The Morgan fingerprint density at radius 3 is 2.78 bits per heavy atom. The van der Waals surface area contributed by atoms with Gasteiger partial charge >= 0.3 is 0 Å². The molecule has 0 radical (unpaired) electrons. The quantitative estimate of drug-likeness (QED) is 0.726. The number of para-hydroxylation sites is 1. The zero-order valence-corrected chi connectivity index (χ0v) is 14.8. The molecule has 1 aromatic carbocycles. The van der Waals surface area contributed by atoms with E-state index in [2.05, 4.69) is 41.4 Å². The van der Waals surface area contributed by atoms with E-state index >= 15 is 0 Å². The molecule has 1 heterocycles. The zero-order valence-electron chi connectivity index (χ0n) is 13.2. The minimum atomic E-state index is -0.268. The molecule has 6 nitrogen and oxygen atoms in total. The van der Waals surface area contributed by atoms with Gasteiger partial charge in [0.15, 0.2) is 0 Å². The van der Waals surface area contributed by atoms with E-state index in [4.69, 9.17) is 0 Å². The Kier molecular flexibility index (Phi) is 6.49. The van der Waals surface area contributed by atoms with Gasteiger partial charge in [0.05, 0.1) is 5.69 Å². The van der Waals surface area contributed by atoms with Gasteiger partial charge in [-0.25, -0.2) is 9.97 Å². The average Bonchev–Trinajstić information content (AvgIpc) is 2.54. The van der Waals surface area contributed by atoms with Crippen LogP contribution in [-0.2, 0) is 0 Å². The van der Waals surface area contributed by atoms with Gasteiger partial charge in [-0.15, -0.1) is 0 Å². The van der Waals surface area contributed by atoms with Crippen molar-refractivity contribution in [2.75, 3.05) is 37.8 Å². The summed E-state index contributed by atoms with van der Waals surface area (Å²) in [7, 11) is 4.07. The van der Waals surface area contributed by atoms with Crippen molar-refractivity contribution in [3.63, 3.8) is 0 Å². The number of anilines is 2. The molecule has 1 aromatic heterocycles. The highest BCUT2D eigenvalue weighted by atomic mass is 79.9. The summed E-state index contributed by atoms with van der Waals surface area (Å²) in [5, 5.41) is 6.03. The van der Waals surface area contributed by atoms with E-state index in [-0.39, 0.29) is 5.91 Å². The van der Waals surface area contributed by atoms with Crippen LogP contribution in [0.2, 0.25) is 0 Å². The van der Waals surface area contributed by atoms with Crippen LogP contribution in [0.3, 0.4) is 0 Å². The Balaban J connectivity index is 1.96. The molecular weight excluding hydrogens is 358 g/mol. The Morgan fingerprint density at radius 1 is 1.26 bits per heavy atom. The molecule has 0 fully saturated rings. The minimum Gasteiger partial charge on any atom is -0.370 e. The fraction of sp³-hybridized carbons (Fsp3) is 0.312. The van der Waals surface area contributed by atoms with Crippen LogP contribution in [0, 0.1) is 0 Å². The van der Waals surface area contributed by atoms with Gasteiger partial charge in [0.25, 0.3) is 5.91 Å². The van der Waals surface area contributed by atoms with E-state index in [1.54, 1.807) is 6.07 Å². The maximum atomic E-state index is 12.3. The van der Waals surface area contributed by atoms with Crippen molar-refractivity contribution in [3.8, 4) is 0 Å². The smallest absolute Gasteiger partial charge is 0.274 e. The average molecular weight is 378 g/mol. The normalized spacial score (nSPS) is 10.6.